The quantitative estimate of drug-likeness (QED) is 0.830. The summed E-state index contributed by atoms with van der Waals surface area (Å²) < 4.78 is 7.49. The number of carbonyl (C=O) groups is 1. The highest BCUT2D eigenvalue weighted by molar-refractivity contribution is 7.09. The van der Waals surface area contributed by atoms with Crippen molar-refractivity contribution >= 4 is 17.4 Å². The van der Waals surface area contributed by atoms with Crippen molar-refractivity contribution < 1.29 is 9.53 Å². The molecule has 0 aliphatic carbocycles. The molecule has 1 saturated heterocycles. The lowest BCUT2D eigenvalue weighted by Gasteiger charge is -2.32. The first kappa shape index (κ1) is 15.9. The minimum absolute atomic E-state index is 0.0508. The van der Waals surface area contributed by atoms with Crippen molar-refractivity contribution in [1.82, 2.24) is 30.2 Å². The topological polar surface area (TPSA) is 85.2 Å². The number of aromatic nitrogens is 4. The lowest BCUT2D eigenvalue weighted by Crippen LogP contribution is -2.47. The highest BCUT2D eigenvalue weighted by Gasteiger charge is 2.27. The Balaban J connectivity index is 1.43. The maximum atomic E-state index is 12.2. The summed E-state index contributed by atoms with van der Waals surface area (Å²) in [6, 6.07) is -0.0508. The molecule has 1 N–H and O–H groups in total. The fourth-order valence-electron chi connectivity index (χ4n) is 2.40. The van der Waals surface area contributed by atoms with E-state index in [-0.39, 0.29) is 12.1 Å². The predicted octanol–water partition coefficient (Wildman–Crippen LogP) is 1.22. The van der Waals surface area contributed by atoms with Gasteiger partial charge in [0.25, 0.3) is 0 Å². The summed E-state index contributed by atoms with van der Waals surface area (Å²) in [6.07, 6.45) is 4.15. The Labute approximate surface area is 138 Å². The summed E-state index contributed by atoms with van der Waals surface area (Å²) in [5.41, 5.74) is 0.989. The highest BCUT2D eigenvalue weighted by Crippen LogP contribution is 2.25. The second-order valence-corrected chi connectivity index (χ2v) is 6.27. The molecular weight excluding hydrogens is 316 g/mol. The molecule has 1 aliphatic heterocycles. The molecule has 23 heavy (non-hydrogen) atoms. The zero-order valence-corrected chi connectivity index (χ0v) is 13.8. The second-order valence-electron chi connectivity index (χ2n) is 5.38. The first-order valence-electron chi connectivity index (χ1n) is 7.63. The maximum Gasteiger partial charge on any atom is 0.317 e. The van der Waals surface area contributed by atoms with E-state index in [0.717, 1.165) is 23.7 Å². The molecule has 2 aromatic heterocycles. The summed E-state index contributed by atoms with van der Waals surface area (Å²) >= 11 is 1.58. The van der Waals surface area contributed by atoms with Crippen molar-refractivity contribution in [3.05, 3.63) is 28.5 Å². The number of aryl methyl sites for hydroxylation is 2. The van der Waals surface area contributed by atoms with Crippen LogP contribution < -0.4 is 5.32 Å². The van der Waals surface area contributed by atoms with Crippen molar-refractivity contribution in [2.75, 3.05) is 26.2 Å². The van der Waals surface area contributed by atoms with Crippen LogP contribution in [0.15, 0.2) is 17.8 Å². The molecule has 9 heteroatoms. The zero-order valence-electron chi connectivity index (χ0n) is 13.0. The number of ether oxygens (including phenoxy) is 1. The summed E-state index contributed by atoms with van der Waals surface area (Å²) in [4.78, 5) is 18.5. The number of thiazole rings is 1. The van der Waals surface area contributed by atoms with E-state index in [0.29, 0.717) is 26.2 Å². The maximum absolute atomic E-state index is 12.2. The number of morpholine rings is 1. The lowest BCUT2D eigenvalue weighted by molar-refractivity contribution is -0.0155. The van der Waals surface area contributed by atoms with Crippen LogP contribution in [0.1, 0.15) is 23.2 Å². The number of rotatable bonds is 5. The van der Waals surface area contributed by atoms with Crippen molar-refractivity contribution in [1.29, 1.82) is 0 Å². The SMILES string of the molecule is Cc1csc(C2CN(C(=O)NCCCn3ccnn3)CCO2)n1. The molecule has 0 aromatic carbocycles. The summed E-state index contributed by atoms with van der Waals surface area (Å²) in [5, 5.41) is 13.5. The Morgan fingerprint density at radius 3 is 3.22 bits per heavy atom. The minimum Gasteiger partial charge on any atom is -0.367 e. The largest absolute Gasteiger partial charge is 0.367 e. The molecule has 2 amide bonds. The number of nitrogens with one attached hydrogen (secondary N) is 1. The summed E-state index contributed by atoms with van der Waals surface area (Å²) in [6.45, 7) is 5.00. The number of nitrogens with zero attached hydrogens (tertiary/aromatic N) is 5. The van der Waals surface area contributed by atoms with E-state index in [2.05, 4.69) is 20.6 Å². The molecule has 0 radical (unpaired) electrons. The van der Waals surface area contributed by atoms with Crippen molar-refractivity contribution in [3.63, 3.8) is 0 Å². The van der Waals surface area contributed by atoms with Gasteiger partial charge in [0.15, 0.2) is 0 Å². The Hall–Kier alpha value is -2.00. The van der Waals surface area contributed by atoms with Crippen LogP contribution in [0.3, 0.4) is 0 Å². The Bertz CT molecular complexity index is 629. The van der Waals surface area contributed by atoms with Gasteiger partial charge in [0.05, 0.1) is 19.3 Å². The molecule has 1 fully saturated rings. The lowest BCUT2D eigenvalue weighted by atomic mass is 10.3. The Morgan fingerprint density at radius 1 is 1.57 bits per heavy atom. The first-order valence-corrected chi connectivity index (χ1v) is 8.51. The van der Waals surface area contributed by atoms with Gasteiger partial charge in [0.1, 0.15) is 11.1 Å². The number of urea groups is 1. The van der Waals surface area contributed by atoms with Crippen LogP contribution in [-0.4, -0.2) is 57.2 Å². The molecular formula is C14H20N6O2S. The highest BCUT2D eigenvalue weighted by atomic mass is 32.1. The van der Waals surface area contributed by atoms with Gasteiger partial charge in [-0.3, -0.25) is 4.68 Å². The molecule has 1 aliphatic rings. The molecule has 3 heterocycles. The van der Waals surface area contributed by atoms with Crippen molar-refractivity contribution in [3.8, 4) is 0 Å². The number of hydrogen-bond acceptors (Lipinski definition) is 6. The molecule has 3 rings (SSSR count). The van der Waals surface area contributed by atoms with E-state index in [1.165, 1.54) is 0 Å². The monoisotopic (exact) mass is 336 g/mol. The number of hydrogen-bond donors (Lipinski definition) is 1. The number of carbonyl (C=O) groups excluding carboxylic acids is 1. The summed E-state index contributed by atoms with van der Waals surface area (Å²) in [5.74, 6) is 0. The van der Waals surface area contributed by atoms with Crippen LogP contribution in [0.2, 0.25) is 0 Å². The van der Waals surface area contributed by atoms with Crippen LogP contribution in [0, 0.1) is 6.92 Å². The molecule has 1 atom stereocenters. The fraction of sp³-hybridized carbons (Fsp3) is 0.571. The molecule has 0 saturated carbocycles. The molecule has 2 aromatic rings. The van der Waals surface area contributed by atoms with Gasteiger partial charge < -0.3 is 15.0 Å². The third-order valence-corrected chi connectivity index (χ3v) is 4.63. The van der Waals surface area contributed by atoms with E-state index in [1.807, 2.05) is 18.5 Å². The number of amides is 2. The second kappa shape index (κ2) is 7.51. The smallest absolute Gasteiger partial charge is 0.317 e. The van der Waals surface area contributed by atoms with Gasteiger partial charge >= 0.3 is 6.03 Å². The molecule has 0 spiro atoms. The van der Waals surface area contributed by atoms with Gasteiger partial charge in [0, 0.05) is 36.9 Å². The Kier molecular flexibility index (Phi) is 5.19. The van der Waals surface area contributed by atoms with E-state index >= 15 is 0 Å². The van der Waals surface area contributed by atoms with Crippen LogP contribution >= 0.6 is 11.3 Å². The van der Waals surface area contributed by atoms with Crippen LogP contribution in [0.5, 0.6) is 0 Å². The van der Waals surface area contributed by atoms with Gasteiger partial charge in [-0.05, 0) is 13.3 Å². The van der Waals surface area contributed by atoms with Gasteiger partial charge in [-0.2, -0.15) is 0 Å². The summed E-state index contributed by atoms with van der Waals surface area (Å²) in [7, 11) is 0. The molecule has 124 valence electrons. The van der Waals surface area contributed by atoms with E-state index < -0.39 is 0 Å². The molecule has 8 nitrogen and oxygen atoms in total. The Morgan fingerprint density at radius 2 is 2.48 bits per heavy atom. The molecule has 1 unspecified atom stereocenters. The van der Waals surface area contributed by atoms with E-state index in [9.17, 15) is 4.79 Å². The van der Waals surface area contributed by atoms with Gasteiger partial charge in [0.2, 0.25) is 0 Å². The average molecular weight is 336 g/mol. The van der Waals surface area contributed by atoms with Gasteiger partial charge in [-0.15, -0.1) is 16.4 Å². The van der Waals surface area contributed by atoms with Crippen LogP contribution in [0.4, 0.5) is 4.79 Å². The van der Waals surface area contributed by atoms with E-state index in [4.69, 9.17) is 4.74 Å². The normalized spacial score (nSPS) is 18.1. The third-order valence-electron chi connectivity index (χ3n) is 3.58. The van der Waals surface area contributed by atoms with Crippen LogP contribution in [-0.2, 0) is 11.3 Å². The first-order chi connectivity index (χ1) is 11.2. The van der Waals surface area contributed by atoms with Gasteiger partial charge in [-0.1, -0.05) is 5.21 Å². The van der Waals surface area contributed by atoms with Crippen molar-refractivity contribution in [2.45, 2.75) is 26.0 Å². The van der Waals surface area contributed by atoms with Crippen LogP contribution in [0.25, 0.3) is 0 Å². The predicted molar refractivity (Wildman–Crippen MR) is 85.2 cm³/mol. The zero-order chi connectivity index (χ0) is 16.1. The average Bonchev–Trinajstić information content (AvgIpc) is 3.23. The van der Waals surface area contributed by atoms with Gasteiger partial charge in [-0.25, -0.2) is 9.78 Å². The minimum atomic E-state index is -0.122. The molecule has 0 bridgehead atoms. The third kappa shape index (κ3) is 4.26. The fourth-order valence-corrected chi connectivity index (χ4v) is 3.24. The standard InChI is InChI=1S/C14H20N6O2S/c1-11-10-23-13(17-11)12-9-19(7-8-22-12)14(21)15-3-2-5-20-6-4-16-18-20/h4,6,10,12H,2-3,5,7-9H2,1H3,(H,15,21). The van der Waals surface area contributed by atoms with Crippen molar-refractivity contribution in [2.24, 2.45) is 0 Å². The van der Waals surface area contributed by atoms with E-state index in [1.54, 1.807) is 27.1 Å².